The van der Waals surface area contributed by atoms with E-state index in [-0.39, 0.29) is 0 Å². The summed E-state index contributed by atoms with van der Waals surface area (Å²) >= 11 is 12.0. The largest absolute Gasteiger partial charge is 0.481 e. The quantitative estimate of drug-likeness (QED) is 0.815. The smallest absolute Gasteiger partial charge is 0.308 e. The topological polar surface area (TPSA) is 40.5 Å². The van der Waals surface area contributed by atoms with Gasteiger partial charge in [-0.1, -0.05) is 43.5 Å². The summed E-state index contributed by atoms with van der Waals surface area (Å²) in [5.74, 6) is -1.23. The number of hydrogen-bond acceptors (Lipinski definition) is 2. The Labute approximate surface area is 124 Å². The lowest BCUT2D eigenvalue weighted by molar-refractivity contribution is -0.140. The molecular formula is C14H19Cl2NO2. The molecule has 0 amide bonds. The first-order chi connectivity index (χ1) is 8.93. The summed E-state index contributed by atoms with van der Waals surface area (Å²) in [6.45, 7) is 5.05. The molecule has 1 rings (SSSR count). The van der Waals surface area contributed by atoms with Gasteiger partial charge in [-0.15, -0.1) is 0 Å². The monoisotopic (exact) mass is 303 g/mol. The van der Waals surface area contributed by atoms with Crippen LogP contribution in [0.3, 0.4) is 0 Å². The molecule has 106 valence electrons. The van der Waals surface area contributed by atoms with Gasteiger partial charge >= 0.3 is 5.97 Å². The molecule has 5 heteroatoms. The first-order valence-electron chi connectivity index (χ1n) is 6.38. The third-order valence-corrected chi connectivity index (χ3v) is 3.35. The van der Waals surface area contributed by atoms with Crippen LogP contribution in [0.25, 0.3) is 0 Å². The van der Waals surface area contributed by atoms with Gasteiger partial charge in [0.1, 0.15) is 0 Å². The van der Waals surface area contributed by atoms with Crippen LogP contribution in [0.2, 0.25) is 10.0 Å². The van der Waals surface area contributed by atoms with Crippen molar-refractivity contribution in [2.24, 2.45) is 5.92 Å². The highest BCUT2D eigenvalue weighted by atomic mass is 35.5. The standard InChI is InChI=1S/C14H19Cl2NO2/c1-3-4-5-17(9-10(2)14(18)19)13-7-11(15)6-12(16)8-13/h6-8,10H,3-5,9H2,1-2H3,(H,18,19). The minimum absolute atomic E-state index is 0.436. The van der Waals surface area contributed by atoms with E-state index in [2.05, 4.69) is 6.92 Å². The molecule has 3 nitrogen and oxygen atoms in total. The van der Waals surface area contributed by atoms with Crippen molar-refractivity contribution in [3.8, 4) is 0 Å². The summed E-state index contributed by atoms with van der Waals surface area (Å²) in [5.41, 5.74) is 0.874. The van der Waals surface area contributed by atoms with Gasteiger partial charge in [0, 0.05) is 28.8 Å². The third-order valence-electron chi connectivity index (χ3n) is 2.91. The fourth-order valence-electron chi connectivity index (χ4n) is 1.81. The van der Waals surface area contributed by atoms with Crippen molar-refractivity contribution < 1.29 is 9.90 Å². The molecule has 0 bridgehead atoms. The molecule has 1 aromatic rings. The van der Waals surface area contributed by atoms with Crippen LogP contribution in [0.1, 0.15) is 26.7 Å². The number of halogens is 2. The van der Waals surface area contributed by atoms with Crippen LogP contribution >= 0.6 is 23.2 Å². The molecular weight excluding hydrogens is 285 g/mol. The summed E-state index contributed by atoms with van der Waals surface area (Å²) in [6.07, 6.45) is 2.04. The number of carbonyl (C=O) groups is 1. The summed E-state index contributed by atoms with van der Waals surface area (Å²) in [7, 11) is 0. The van der Waals surface area contributed by atoms with Crippen LogP contribution in [-0.2, 0) is 4.79 Å². The Hall–Kier alpha value is -0.930. The van der Waals surface area contributed by atoms with Gasteiger partial charge in [0.2, 0.25) is 0 Å². The third kappa shape index (κ3) is 5.29. The van der Waals surface area contributed by atoms with Crippen molar-refractivity contribution in [3.05, 3.63) is 28.2 Å². The number of aliphatic carboxylic acids is 1. The molecule has 0 aliphatic carbocycles. The first-order valence-corrected chi connectivity index (χ1v) is 7.13. The molecule has 0 aliphatic heterocycles. The fraction of sp³-hybridized carbons (Fsp3) is 0.500. The second-order valence-corrected chi connectivity index (χ2v) is 5.54. The van der Waals surface area contributed by atoms with Crippen LogP contribution in [0.4, 0.5) is 5.69 Å². The lowest BCUT2D eigenvalue weighted by atomic mass is 10.1. The van der Waals surface area contributed by atoms with Gasteiger partial charge in [0.25, 0.3) is 0 Å². The fourth-order valence-corrected chi connectivity index (χ4v) is 2.32. The maximum Gasteiger partial charge on any atom is 0.308 e. The molecule has 1 unspecified atom stereocenters. The average Bonchev–Trinajstić information content (AvgIpc) is 2.32. The van der Waals surface area contributed by atoms with Gasteiger partial charge in [-0.25, -0.2) is 0 Å². The summed E-state index contributed by atoms with van der Waals surface area (Å²) in [6, 6.07) is 5.31. The normalized spacial score (nSPS) is 12.2. The van der Waals surface area contributed by atoms with E-state index in [4.69, 9.17) is 28.3 Å². The minimum Gasteiger partial charge on any atom is -0.481 e. The summed E-state index contributed by atoms with van der Waals surface area (Å²) in [4.78, 5) is 13.0. The van der Waals surface area contributed by atoms with Crippen molar-refractivity contribution >= 4 is 34.9 Å². The Bertz CT molecular complexity index is 417. The van der Waals surface area contributed by atoms with E-state index in [1.165, 1.54) is 0 Å². The van der Waals surface area contributed by atoms with Crippen LogP contribution in [0.5, 0.6) is 0 Å². The molecule has 0 aromatic heterocycles. The van der Waals surface area contributed by atoms with Gasteiger partial charge in [-0.3, -0.25) is 4.79 Å². The van der Waals surface area contributed by atoms with E-state index in [9.17, 15) is 4.79 Å². The number of hydrogen-bond donors (Lipinski definition) is 1. The Morgan fingerprint density at radius 2 is 1.89 bits per heavy atom. The van der Waals surface area contributed by atoms with E-state index in [0.29, 0.717) is 16.6 Å². The second kappa shape index (κ2) is 7.61. The van der Waals surface area contributed by atoms with E-state index in [1.54, 1.807) is 13.0 Å². The van der Waals surface area contributed by atoms with Crippen LogP contribution in [0.15, 0.2) is 18.2 Å². The maximum atomic E-state index is 11.0. The molecule has 1 N–H and O–H groups in total. The Morgan fingerprint density at radius 1 is 1.32 bits per heavy atom. The average molecular weight is 304 g/mol. The van der Waals surface area contributed by atoms with E-state index in [1.807, 2.05) is 17.0 Å². The molecule has 0 saturated heterocycles. The number of carboxylic acid groups (broad SMARTS) is 1. The summed E-state index contributed by atoms with van der Waals surface area (Å²) in [5, 5.41) is 10.2. The SMILES string of the molecule is CCCCN(CC(C)C(=O)O)c1cc(Cl)cc(Cl)c1. The number of rotatable bonds is 7. The van der Waals surface area contributed by atoms with Gasteiger partial charge in [0.05, 0.1) is 5.92 Å². The molecule has 0 aliphatic rings. The van der Waals surface area contributed by atoms with Crippen molar-refractivity contribution in [2.75, 3.05) is 18.0 Å². The van der Waals surface area contributed by atoms with E-state index < -0.39 is 11.9 Å². The van der Waals surface area contributed by atoms with Crippen LogP contribution in [-0.4, -0.2) is 24.2 Å². The number of nitrogens with zero attached hydrogens (tertiary/aromatic N) is 1. The number of benzene rings is 1. The highest BCUT2D eigenvalue weighted by molar-refractivity contribution is 6.35. The van der Waals surface area contributed by atoms with Crippen LogP contribution < -0.4 is 4.90 Å². The number of unbranched alkanes of at least 4 members (excludes halogenated alkanes) is 1. The molecule has 0 heterocycles. The molecule has 1 aromatic carbocycles. The predicted octanol–water partition coefficient (Wildman–Crippen LogP) is 4.32. The zero-order valence-electron chi connectivity index (χ0n) is 11.2. The Kier molecular flexibility index (Phi) is 6.46. The zero-order chi connectivity index (χ0) is 14.4. The lowest BCUT2D eigenvalue weighted by Gasteiger charge is -2.27. The van der Waals surface area contributed by atoms with Crippen molar-refractivity contribution in [2.45, 2.75) is 26.7 Å². The molecule has 0 saturated carbocycles. The zero-order valence-corrected chi connectivity index (χ0v) is 12.7. The number of carboxylic acids is 1. The van der Waals surface area contributed by atoms with Crippen molar-refractivity contribution in [3.63, 3.8) is 0 Å². The van der Waals surface area contributed by atoms with Crippen molar-refractivity contribution in [1.29, 1.82) is 0 Å². The van der Waals surface area contributed by atoms with Gasteiger partial charge in [-0.2, -0.15) is 0 Å². The van der Waals surface area contributed by atoms with E-state index in [0.717, 1.165) is 25.1 Å². The predicted molar refractivity (Wildman–Crippen MR) is 80.4 cm³/mol. The second-order valence-electron chi connectivity index (χ2n) is 4.67. The molecule has 19 heavy (non-hydrogen) atoms. The maximum absolute atomic E-state index is 11.0. The van der Waals surface area contributed by atoms with Gasteiger partial charge in [-0.05, 0) is 24.6 Å². The molecule has 0 spiro atoms. The first kappa shape index (κ1) is 16.1. The molecule has 0 fully saturated rings. The highest BCUT2D eigenvalue weighted by Gasteiger charge is 2.17. The van der Waals surface area contributed by atoms with E-state index >= 15 is 0 Å². The summed E-state index contributed by atoms with van der Waals surface area (Å²) < 4.78 is 0. The molecule has 1 atom stereocenters. The van der Waals surface area contributed by atoms with Gasteiger partial charge in [0.15, 0.2) is 0 Å². The van der Waals surface area contributed by atoms with Crippen LogP contribution in [0, 0.1) is 5.92 Å². The molecule has 0 radical (unpaired) electrons. The minimum atomic E-state index is -0.797. The van der Waals surface area contributed by atoms with Gasteiger partial charge < -0.3 is 10.0 Å². The highest BCUT2D eigenvalue weighted by Crippen LogP contribution is 2.26. The lowest BCUT2D eigenvalue weighted by Crippen LogP contribution is -2.32. The number of anilines is 1. The Morgan fingerprint density at radius 3 is 2.37 bits per heavy atom. The Balaban J connectivity index is 2.91. The van der Waals surface area contributed by atoms with Crippen molar-refractivity contribution in [1.82, 2.24) is 0 Å².